The van der Waals surface area contributed by atoms with Gasteiger partial charge in [0.1, 0.15) is 16.9 Å². The number of nitrogens with one attached hydrogen (secondary N) is 1. The lowest BCUT2D eigenvalue weighted by Gasteiger charge is -2.16. The van der Waals surface area contributed by atoms with Crippen LogP contribution in [0.25, 0.3) is 11.0 Å². The first-order valence-corrected chi connectivity index (χ1v) is 11.5. The predicted octanol–water partition coefficient (Wildman–Crippen LogP) is 1.61. The molecule has 162 valence electrons. The molecule has 10 heteroatoms. The van der Waals surface area contributed by atoms with Crippen molar-refractivity contribution in [2.24, 2.45) is 5.92 Å². The van der Waals surface area contributed by atoms with Crippen LogP contribution in [0, 0.1) is 11.7 Å². The normalized spacial score (nSPS) is 17.6. The van der Waals surface area contributed by atoms with Gasteiger partial charge in [-0.2, -0.15) is 0 Å². The van der Waals surface area contributed by atoms with Crippen LogP contribution in [0.3, 0.4) is 0 Å². The second-order valence-electron chi connectivity index (χ2n) is 7.59. The van der Waals surface area contributed by atoms with E-state index in [1.54, 1.807) is 12.1 Å². The molecule has 1 amide bonds. The molecule has 3 heterocycles. The summed E-state index contributed by atoms with van der Waals surface area (Å²) < 4.78 is 38.0. The summed E-state index contributed by atoms with van der Waals surface area (Å²) in [5.41, 5.74) is -0.169. The van der Waals surface area contributed by atoms with Crippen LogP contribution in [0.2, 0.25) is 0 Å². The minimum Gasteiger partial charge on any atom is -0.505 e. The van der Waals surface area contributed by atoms with Gasteiger partial charge in [-0.1, -0.05) is 12.1 Å². The van der Waals surface area contributed by atoms with E-state index in [4.69, 9.17) is 0 Å². The number of rotatable bonds is 5. The molecule has 0 spiro atoms. The van der Waals surface area contributed by atoms with Crippen molar-refractivity contribution >= 4 is 26.8 Å². The summed E-state index contributed by atoms with van der Waals surface area (Å²) in [6.45, 7) is 0.123. The molecule has 0 bridgehead atoms. The highest BCUT2D eigenvalue weighted by Crippen LogP contribution is 2.27. The van der Waals surface area contributed by atoms with Crippen molar-refractivity contribution in [3.8, 4) is 5.75 Å². The summed E-state index contributed by atoms with van der Waals surface area (Å²) in [5.74, 6) is -1.99. The standard InChI is InChI=1S/C21H20FN3O5S/c22-15-5-3-13(4-6-15)10-24-20(27)17-19(26)18-16(2-1-8-23-18)25(21(17)28)11-14-7-9-31(29,30)12-14/h1-6,8,14,26H,7,9-12H2,(H,24,27). The minimum atomic E-state index is -3.15. The summed E-state index contributed by atoms with van der Waals surface area (Å²) in [6.07, 6.45) is 1.85. The number of carbonyl (C=O) groups excluding carboxylic acids is 1. The van der Waals surface area contributed by atoms with Crippen LogP contribution in [0.15, 0.2) is 47.4 Å². The molecule has 0 radical (unpaired) electrons. The molecule has 8 nitrogen and oxygen atoms in total. The van der Waals surface area contributed by atoms with E-state index in [0.717, 1.165) is 0 Å². The molecule has 1 saturated heterocycles. The van der Waals surface area contributed by atoms with Gasteiger partial charge in [0.25, 0.3) is 11.5 Å². The van der Waals surface area contributed by atoms with Crippen LogP contribution in [-0.2, 0) is 22.9 Å². The Morgan fingerprint density at radius 2 is 2.00 bits per heavy atom. The lowest BCUT2D eigenvalue weighted by Crippen LogP contribution is -2.34. The summed E-state index contributed by atoms with van der Waals surface area (Å²) in [4.78, 5) is 30.1. The van der Waals surface area contributed by atoms with Gasteiger partial charge in [0.15, 0.2) is 15.6 Å². The predicted molar refractivity (Wildman–Crippen MR) is 112 cm³/mol. The number of sulfone groups is 1. The minimum absolute atomic E-state index is 0.0269. The quantitative estimate of drug-likeness (QED) is 0.616. The summed E-state index contributed by atoms with van der Waals surface area (Å²) in [5, 5.41) is 13.2. The van der Waals surface area contributed by atoms with E-state index in [0.29, 0.717) is 17.5 Å². The average molecular weight is 445 g/mol. The maximum absolute atomic E-state index is 13.2. The number of carbonyl (C=O) groups is 1. The SMILES string of the molecule is O=C(NCc1ccc(F)cc1)c1c(O)c2ncccc2n(CC2CCS(=O)(=O)C2)c1=O. The van der Waals surface area contributed by atoms with E-state index < -0.39 is 38.4 Å². The van der Waals surface area contributed by atoms with Gasteiger partial charge < -0.3 is 15.0 Å². The highest BCUT2D eigenvalue weighted by Gasteiger charge is 2.30. The molecule has 2 N–H and O–H groups in total. The van der Waals surface area contributed by atoms with Gasteiger partial charge >= 0.3 is 0 Å². The number of hydrogen-bond donors (Lipinski definition) is 2. The Morgan fingerprint density at radius 1 is 1.26 bits per heavy atom. The van der Waals surface area contributed by atoms with Gasteiger partial charge in [0.2, 0.25) is 0 Å². The van der Waals surface area contributed by atoms with Crippen molar-refractivity contribution in [2.45, 2.75) is 19.5 Å². The fraction of sp³-hybridized carbons (Fsp3) is 0.286. The topological polar surface area (TPSA) is 118 Å². The Kier molecular flexibility index (Phi) is 5.48. The molecule has 3 aromatic rings. The lowest BCUT2D eigenvalue weighted by molar-refractivity contribution is 0.0946. The largest absolute Gasteiger partial charge is 0.505 e. The highest BCUT2D eigenvalue weighted by molar-refractivity contribution is 7.91. The molecule has 0 saturated carbocycles. The number of amides is 1. The second-order valence-corrected chi connectivity index (χ2v) is 9.82. The number of aromatic hydroxyl groups is 1. The lowest BCUT2D eigenvalue weighted by atomic mass is 10.1. The average Bonchev–Trinajstić information content (AvgIpc) is 3.09. The molecule has 1 atom stereocenters. The van der Waals surface area contributed by atoms with Gasteiger partial charge in [-0.05, 0) is 42.2 Å². The maximum atomic E-state index is 13.2. The van der Waals surface area contributed by atoms with Gasteiger partial charge in [-0.25, -0.2) is 12.8 Å². The fourth-order valence-electron chi connectivity index (χ4n) is 3.79. The molecule has 4 rings (SSSR count). The number of pyridine rings is 2. The van der Waals surface area contributed by atoms with E-state index in [-0.39, 0.29) is 36.0 Å². The van der Waals surface area contributed by atoms with Gasteiger partial charge in [-0.15, -0.1) is 0 Å². The molecule has 1 aliphatic heterocycles. The van der Waals surface area contributed by atoms with Crippen molar-refractivity contribution in [1.82, 2.24) is 14.9 Å². The van der Waals surface area contributed by atoms with Crippen LogP contribution < -0.4 is 10.9 Å². The molecular weight excluding hydrogens is 425 g/mol. The van der Waals surface area contributed by atoms with Crippen LogP contribution in [-0.4, -0.2) is 40.5 Å². The smallest absolute Gasteiger partial charge is 0.267 e. The highest BCUT2D eigenvalue weighted by atomic mass is 32.2. The monoisotopic (exact) mass is 445 g/mol. The third-order valence-corrected chi connectivity index (χ3v) is 7.20. The third kappa shape index (κ3) is 4.29. The summed E-state index contributed by atoms with van der Waals surface area (Å²) in [7, 11) is -3.15. The second kappa shape index (κ2) is 8.10. The third-order valence-electron chi connectivity index (χ3n) is 5.36. The Labute approximate surface area is 177 Å². The Balaban J connectivity index is 1.70. The number of halogens is 1. The van der Waals surface area contributed by atoms with Gasteiger partial charge in [0.05, 0.1) is 17.0 Å². The fourth-order valence-corrected chi connectivity index (χ4v) is 5.64. The number of hydrogen-bond acceptors (Lipinski definition) is 6. The van der Waals surface area contributed by atoms with Gasteiger partial charge in [-0.3, -0.25) is 14.6 Å². The molecular formula is C21H20FN3O5S. The van der Waals surface area contributed by atoms with Crippen molar-refractivity contribution in [1.29, 1.82) is 0 Å². The number of benzene rings is 1. The van der Waals surface area contributed by atoms with Crippen LogP contribution in [0.4, 0.5) is 4.39 Å². The zero-order valence-electron chi connectivity index (χ0n) is 16.4. The van der Waals surface area contributed by atoms with E-state index in [1.807, 2.05) is 0 Å². The Hall–Kier alpha value is -3.27. The molecule has 1 unspecified atom stereocenters. The summed E-state index contributed by atoms with van der Waals surface area (Å²) in [6, 6.07) is 8.68. The molecule has 1 fully saturated rings. The van der Waals surface area contributed by atoms with E-state index in [2.05, 4.69) is 10.3 Å². The first-order chi connectivity index (χ1) is 14.7. The zero-order valence-corrected chi connectivity index (χ0v) is 17.2. The van der Waals surface area contributed by atoms with Crippen molar-refractivity contribution < 1.29 is 22.7 Å². The molecule has 1 aromatic carbocycles. The van der Waals surface area contributed by atoms with Crippen molar-refractivity contribution in [2.75, 3.05) is 11.5 Å². The van der Waals surface area contributed by atoms with Crippen molar-refractivity contribution in [3.63, 3.8) is 0 Å². The number of fused-ring (bicyclic) bond motifs is 1. The van der Waals surface area contributed by atoms with Crippen LogP contribution in [0.1, 0.15) is 22.3 Å². The number of aromatic nitrogens is 2. The van der Waals surface area contributed by atoms with Crippen LogP contribution >= 0.6 is 0 Å². The van der Waals surface area contributed by atoms with Crippen molar-refractivity contribution in [3.05, 3.63) is 69.9 Å². The van der Waals surface area contributed by atoms with Gasteiger partial charge in [0, 0.05) is 19.3 Å². The number of nitrogens with zero attached hydrogens (tertiary/aromatic N) is 2. The molecule has 31 heavy (non-hydrogen) atoms. The Morgan fingerprint density at radius 3 is 2.68 bits per heavy atom. The maximum Gasteiger partial charge on any atom is 0.267 e. The molecule has 2 aromatic heterocycles. The zero-order chi connectivity index (χ0) is 22.2. The van der Waals surface area contributed by atoms with E-state index in [1.165, 1.54) is 35.0 Å². The molecule has 0 aliphatic carbocycles. The Bertz CT molecular complexity index is 1320. The first-order valence-electron chi connectivity index (χ1n) is 9.69. The molecule has 1 aliphatic rings. The first kappa shape index (κ1) is 21.0. The van der Waals surface area contributed by atoms with E-state index >= 15 is 0 Å². The van der Waals surface area contributed by atoms with E-state index in [9.17, 15) is 27.5 Å². The van der Waals surface area contributed by atoms with Crippen LogP contribution in [0.5, 0.6) is 5.75 Å². The summed E-state index contributed by atoms with van der Waals surface area (Å²) >= 11 is 0.